The van der Waals surface area contributed by atoms with Gasteiger partial charge in [-0.1, -0.05) is 18.2 Å². The van der Waals surface area contributed by atoms with Crippen LogP contribution in [0.25, 0.3) is 0 Å². The molecule has 2 aliphatic carbocycles. The Labute approximate surface area is 90.1 Å². The number of hydrogen-bond donors (Lipinski definition) is 2. The molecule has 0 aliphatic heterocycles. The molecule has 0 spiro atoms. The van der Waals surface area contributed by atoms with Crippen LogP contribution in [0.5, 0.6) is 0 Å². The van der Waals surface area contributed by atoms with Gasteiger partial charge in [-0.15, -0.1) is 0 Å². The van der Waals surface area contributed by atoms with Crippen molar-refractivity contribution in [2.24, 2.45) is 0 Å². The van der Waals surface area contributed by atoms with E-state index in [9.17, 15) is 10.0 Å². The fourth-order valence-corrected chi connectivity index (χ4v) is 2.25. The molecule has 0 bridgehead atoms. The lowest BCUT2D eigenvalue weighted by Gasteiger charge is -2.10. The molecule has 2 fully saturated rings. The summed E-state index contributed by atoms with van der Waals surface area (Å²) in [6.45, 7) is 0. The largest absolute Gasteiger partial charge is 0.488 e. The summed E-state index contributed by atoms with van der Waals surface area (Å²) in [5.41, 5.74) is 3.17. The van der Waals surface area contributed by atoms with Gasteiger partial charge in [0.15, 0.2) is 0 Å². The first-order chi connectivity index (χ1) is 7.25. The average Bonchev–Trinajstić information content (AvgIpc) is 3.07. The van der Waals surface area contributed by atoms with Gasteiger partial charge in [0, 0.05) is 0 Å². The van der Waals surface area contributed by atoms with Crippen LogP contribution in [0.2, 0.25) is 0 Å². The second-order valence-corrected chi connectivity index (χ2v) is 4.81. The molecule has 78 valence electrons. The third-order valence-electron chi connectivity index (χ3n) is 3.45. The van der Waals surface area contributed by atoms with Crippen LogP contribution in [0.15, 0.2) is 18.2 Å². The Balaban J connectivity index is 1.99. The highest BCUT2D eigenvalue weighted by atomic mass is 16.4. The van der Waals surface area contributed by atoms with E-state index in [0.717, 1.165) is 11.0 Å². The summed E-state index contributed by atoms with van der Waals surface area (Å²) in [6, 6.07) is 6.26. The van der Waals surface area contributed by atoms with Crippen LogP contribution >= 0.6 is 0 Å². The van der Waals surface area contributed by atoms with Gasteiger partial charge in [-0.2, -0.15) is 0 Å². The molecule has 2 N–H and O–H groups in total. The zero-order chi connectivity index (χ0) is 10.4. The Kier molecular flexibility index (Phi) is 2.11. The summed E-state index contributed by atoms with van der Waals surface area (Å²) < 4.78 is 0. The first-order valence-electron chi connectivity index (χ1n) is 5.75. The monoisotopic (exact) mass is 202 g/mol. The van der Waals surface area contributed by atoms with Crippen LogP contribution in [-0.2, 0) is 0 Å². The van der Waals surface area contributed by atoms with E-state index in [1.54, 1.807) is 0 Å². The highest BCUT2D eigenvalue weighted by Gasteiger charge is 2.31. The molecule has 2 aliphatic rings. The summed E-state index contributed by atoms with van der Waals surface area (Å²) in [6.07, 6.45) is 4.90. The first-order valence-corrected chi connectivity index (χ1v) is 5.75. The molecule has 0 saturated heterocycles. The molecular weight excluding hydrogens is 187 g/mol. The fraction of sp³-hybridized carbons (Fsp3) is 0.500. The lowest BCUT2D eigenvalue weighted by Crippen LogP contribution is -2.33. The Morgan fingerprint density at radius 3 is 2.20 bits per heavy atom. The smallest absolute Gasteiger partial charge is 0.423 e. The minimum atomic E-state index is -1.31. The topological polar surface area (TPSA) is 40.5 Å². The number of hydrogen-bond acceptors (Lipinski definition) is 2. The second kappa shape index (κ2) is 3.36. The molecule has 3 heteroatoms. The van der Waals surface area contributed by atoms with Crippen LogP contribution in [0.4, 0.5) is 0 Å². The van der Waals surface area contributed by atoms with Crippen LogP contribution in [-0.4, -0.2) is 17.2 Å². The van der Waals surface area contributed by atoms with Crippen LogP contribution in [0.3, 0.4) is 0 Å². The van der Waals surface area contributed by atoms with E-state index in [0.29, 0.717) is 11.8 Å². The maximum atomic E-state index is 9.36. The van der Waals surface area contributed by atoms with E-state index in [4.69, 9.17) is 0 Å². The molecule has 3 rings (SSSR count). The lowest BCUT2D eigenvalue weighted by molar-refractivity contribution is 0.425. The molecule has 0 unspecified atom stereocenters. The Bertz CT molecular complexity index is 381. The van der Waals surface area contributed by atoms with Gasteiger partial charge in [-0.25, -0.2) is 0 Å². The summed E-state index contributed by atoms with van der Waals surface area (Å²) in [7, 11) is -1.31. The van der Waals surface area contributed by atoms with Crippen molar-refractivity contribution in [2.45, 2.75) is 37.5 Å². The standard InChI is InChI=1S/C12H15BO2/c14-13(15)12-7-10(8-1-2-8)5-6-11(12)9-3-4-9/h5-9,14-15H,1-4H2. The highest BCUT2D eigenvalue weighted by Crippen LogP contribution is 2.42. The predicted octanol–water partition coefficient (Wildman–Crippen LogP) is 1.12. The van der Waals surface area contributed by atoms with E-state index in [2.05, 4.69) is 12.1 Å². The molecule has 0 atom stereocenters. The van der Waals surface area contributed by atoms with Crippen molar-refractivity contribution in [1.29, 1.82) is 0 Å². The van der Waals surface area contributed by atoms with Crippen LogP contribution in [0, 0.1) is 0 Å². The van der Waals surface area contributed by atoms with Gasteiger partial charge in [0.2, 0.25) is 0 Å². The average molecular weight is 202 g/mol. The summed E-state index contributed by atoms with van der Waals surface area (Å²) in [5.74, 6) is 1.26. The van der Waals surface area contributed by atoms with Crippen molar-refractivity contribution in [3.05, 3.63) is 29.3 Å². The summed E-state index contributed by atoms with van der Waals surface area (Å²) in [5, 5.41) is 18.7. The molecule has 0 radical (unpaired) electrons. The molecule has 1 aromatic rings. The number of benzene rings is 1. The van der Waals surface area contributed by atoms with E-state index in [1.807, 2.05) is 6.07 Å². The van der Waals surface area contributed by atoms with Gasteiger partial charge in [0.1, 0.15) is 0 Å². The van der Waals surface area contributed by atoms with E-state index in [-0.39, 0.29) is 0 Å². The predicted molar refractivity (Wildman–Crippen MR) is 60.2 cm³/mol. The minimum Gasteiger partial charge on any atom is -0.423 e. The van der Waals surface area contributed by atoms with Gasteiger partial charge >= 0.3 is 7.12 Å². The lowest BCUT2D eigenvalue weighted by atomic mass is 9.74. The van der Waals surface area contributed by atoms with Crippen LogP contribution in [0.1, 0.15) is 48.6 Å². The molecule has 15 heavy (non-hydrogen) atoms. The van der Waals surface area contributed by atoms with E-state index < -0.39 is 7.12 Å². The highest BCUT2D eigenvalue weighted by molar-refractivity contribution is 6.59. The van der Waals surface area contributed by atoms with Gasteiger partial charge in [-0.3, -0.25) is 0 Å². The van der Waals surface area contributed by atoms with E-state index in [1.165, 1.54) is 31.2 Å². The van der Waals surface area contributed by atoms with Crippen LogP contribution < -0.4 is 5.46 Å². The van der Waals surface area contributed by atoms with E-state index >= 15 is 0 Å². The third-order valence-corrected chi connectivity index (χ3v) is 3.45. The maximum absolute atomic E-state index is 9.36. The number of rotatable bonds is 3. The van der Waals surface area contributed by atoms with Crippen molar-refractivity contribution in [3.63, 3.8) is 0 Å². The summed E-state index contributed by atoms with van der Waals surface area (Å²) in [4.78, 5) is 0. The third kappa shape index (κ3) is 1.82. The van der Waals surface area contributed by atoms with Crippen molar-refractivity contribution in [2.75, 3.05) is 0 Å². The fourth-order valence-electron chi connectivity index (χ4n) is 2.25. The van der Waals surface area contributed by atoms with Gasteiger partial charge in [0.05, 0.1) is 0 Å². The van der Waals surface area contributed by atoms with Gasteiger partial charge in [-0.05, 0) is 54.1 Å². The molecule has 0 amide bonds. The first kappa shape index (κ1) is 9.43. The summed E-state index contributed by atoms with van der Waals surface area (Å²) >= 11 is 0. The molecule has 0 aromatic heterocycles. The quantitative estimate of drug-likeness (QED) is 0.721. The normalized spacial score (nSPS) is 20.4. The Morgan fingerprint density at radius 1 is 1.00 bits per heavy atom. The maximum Gasteiger partial charge on any atom is 0.488 e. The van der Waals surface area contributed by atoms with Gasteiger partial charge in [0.25, 0.3) is 0 Å². The zero-order valence-corrected chi connectivity index (χ0v) is 8.69. The molecule has 2 nitrogen and oxygen atoms in total. The molecule has 2 saturated carbocycles. The molecule has 1 aromatic carbocycles. The Hall–Kier alpha value is -0.795. The van der Waals surface area contributed by atoms with Crippen molar-refractivity contribution in [1.82, 2.24) is 0 Å². The van der Waals surface area contributed by atoms with Crippen molar-refractivity contribution >= 4 is 12.6 Å². The van der Waals surface area contributed by atoms with Gasteiger partial charge < -0.3 is 10.0 Å². The Morgan fingerprint density at radius 2 is 1.67 bits per heavy atom. The van der Waals surface area contributed by atoms with Crippen molar-refractivity contribution in [3.8, 4) is 0 Å². The second-order valence-electron chi connectivity index (χ2n) is 4.81. The SMILES string of the molecule is OB(O)c1cc(C2CC2)ccc1C1CC1. The minimum absolute atomic E-state index is 0.579. The van der Waals surface area contributed by atoms with Crippen molar-refractivity contribution < 1.29 is 10.0 Å². The zero-order valence-electron chi connectivity index (χ0n) is 8.69. The molecular formula is C12H15BO2. The molecule has 0 heterocycles.